The van der Waals surface area contributed by atoms with Gasteiger partial charge in [-0.25, -0.2) is 0 Å². The van der Waals surface area contributed by atoms with Crippen molar-refractivity contribution in [2.75, 3.05) is 13.9 Å². The average molecular weight is 497 g/mol. The molecule has 0 bridgehead atoms. The fraction of sp³-hybridized carbons (Fsp3) is 0.522. The van der Waals surface area contributed by atoms with Gasteiger partial charge in [-0.15, -0.1) is 0 Å². The number of aromatic nitrogens is 1. The first-order chi connectivity index (χ1) is 15.9. The van der Waals surface area contributed by atoms with E-state index in [4.69, 9.17) is 4.74 Å². The molecule has 192 valence electrons. The summed E-state index contributed by atoms with van der Waals surface area (Å²) >= 11 is 0. The van der Waals surface area contributed by atoms with Gasteiger partial charge in [-0.2, -0.15) is 26.3 Å². The molecule has 0 aliphatic rings. The molecule has 1 aromatic carbocycles. The fourth-order valence-corrected chi connectivity index (χ4v) is 3.09. The van der Waals surface area contributed by atoms with Crippen molar-refractivity contribution in [1.82, 2.24) is 4.98 Å². The zero-order chi connectivity index (χ0) is 26.2. The predicted octanol–water partition coefficient (Wildman–Crippen LogP) is 6.85. The van der Waals surface area contributed by atoms with Crippen molar-refractivity contribution in [3.63, 3.8) is 0 Å². The number of aliphatic hydroxyl groups is 1. The van der Waals surface area contributed by atoms with E-state index in [9.17, 15) is 31.4 Å². The number of ether oxygens (including phenoxy) is 3. The summed E-state index contributed by atoms with van der Waals surface area (Å²) in [4.78, 5) is 3.96. The van der Waals surface area contributed by atoms with E-state index >= 15 is 0 Å². The van der Waals surface area contributed by atoms with E-state index in [2.05, 4.69) is 14.5 Å². The lowest BCUT2D eigenvalue weighted by molar-refractivity contribution is -0.400. The number of pyridine rings is 1. The zero-order valence-electron chi connectivity index (χ0n) is 19.5. The Hall–Kier alpha value is -2.37. The second-order valence-corrected chi connectivity index (χ2v) is 6.99. The summed E-state index contributed by atoms with van der Waals surface area (Å²) in [6.45, 7) is 5.98. The molecule has 1 N–H and O–H groups in total. The van der Waals surface area contributed by atoms with Gasteiger partial charge >= 0.3 is 12.4 Å². The predicted molar refractivity (Wildman–Crippen MR) is 113 cm³/mol. The third kappa shape index (κ3) is 6.61. The molecule has 0 amide bonds. The Morgan fingerprint density at radius 3 is 2.12 bits per heavy atom. The fourth-order valence-electron chi connectivity index (χ4n) is 3.09. The molecule has 5 nitrogen and oxygen atoms in total. The van der Waals surface area contributed by atoms with E-state index in [1.807, 2.05) is 13.8 Å². The van der Waals surface area contributed by atoms with E-state index in [1.165, 1.54) is 25.3 Å². The second kappa shape index (κ2) is 12.4. The molecule has 2 aromatic rings. The van der Waals surface area contributed by atoms with Crippen LogP contribution < -0.4 is 4.74 Å². The molecule has 1 heterocycles. The lowest BCUT2D eigenvalue weighted by Crippen LogP contribution is -2.56. The SMILES string of the molecule is CC.CCCc1cc(C(OCOC)(C(F)(F)F)C(F)(F)F)ccc1Oc1ccnc(C(C)O)c1. The Kier molecular flexibility index (Phi) is 10.8. The number of methoxy groups -OCH3 is 1. The van der Waals surface area contributed by atoms with Crippen molar-refractivity contribution >= 4 is 0 Å². The number of rotatable bonds is 9. The van der Waals surface area contributed by atoms with Gasteiger partial charge in [0.05, 0.1) is 11.8 Å². The van der Waals surface area contributed by atoms with Crippen LogP contribution in [-0.4, -0.2) is 36.3 Å². The minimum Gasteiger partial charge on any atom is -0.457 e. The number of aryl methyl sites for hydroxylation is 1. The number of halogens is 6. The minimum absolute atomic E-state index is 0.0725. The number of alkyl halides is 6. The number of hydrogen-bond acceptors (Lipinski definition) is 5. The maximum atomic E-state index is 13.8. The van der Waals surface area contributed by atoms with Crippen LogP contribution in [-0.2, 0) is 21.5 Å². The number of hydrogen-bond donors (Lipinski definition) is 1. The van der Waals surface area contributed by atoms with Gasteiger partial charge in [0.25, 0.3) is 5.60 Å². The Bertz CT molecular complexity index is 886. The summed E-state index contributed by atoms with van der Waals surface area (Å²) in [5.41, 5.74) is -5.30. The summed E-state index contributed by atoms with van der Waals surface area (Å²) < 4.78 is 97.1. The lowest BCUT2D eigenvalue weighted by atomic mass is 9.89. The third-order valence-electron chi connectivity index (χ3n) is 4.59. The highest BCUT2D eigenvalue weighted by atomic mass is 19.4. The third-order valence-corrected chi connectivity index (χ3v) is 4.59. The van der Waals surface area contributed by atoms with Gasteiger partial charge in [-0.3, -0.25) is 4.98 Å². The van der Waals surface area contributed by atoms with Crippen molar-refractivity contribution in [2.24, 2.45) is 0 Å². The van der Waals surface area contributed by atoms with E-state index in [0.29, 0.717) is 12.5 Å². The zero-order valence-corrected chi connectivity index (χ0v) is 19.5. The first kappa shape index (κ1) is 29.7. The Labute approximate surface area is 194 Å². The Morgan fingerprint density at radius 2 is 1.62 bits per heavy atom. The van der Waals surface area contributed by atoms with Gasteiger partial charge < -0.3 is 19.3 Å². The highest BCUT2D eigenvalue weighted by Gasteiger charge is 2.73. The summed E-state index contributed by atoms with van der Waals surface area (Å²) in [5, 5.41) is 9.65. The number of aliphatic hydroxyl groups excluding tert-OH is 1. The van der Waals surface area contributed by atoms with Crippen molar-refractivity contribution in [3.8, 4) is 11.5 Å². The lowest BCUT2D eigenvalue weighted by Gasteiger charge is -2.37. The topological polar surface area (TPSA) is 60.8 Å². The van der Waals surface area contributed by atoms with Crippen molar-refractivity contribution in [1.29, 1.82) is 0 Å². The van der Waals surface area contributed by atoms with Gasteiger partial charge in [-0.05, 0) is 37.1 Å². The molecule has 0 saturated carbocycles. The standard InChI is InChI=1S/C21H23F6NO4.C2H6/c1-4-5-14-10-15(19(20(22,23)24,21(25,26)27)31-12-30-3)6-7-18(14)32-16-8-9-28-17(11-16)13(2)29;1-2/h6-11,13,29H,4-5,12H2,1-3H3;1-2H3. The summed E-state index contributed by atoms with van der Waals surface area (Å²) in [6.07, 6.45) is -10.6. The second-order valence-electron chi connectivity index (χ2n) is 6.99. The van der Waals surface area contributed by atoms with Crippen LogP contribution in [0.4, 0.5) is 26.3 Å². The summed E-state index contributed by atoms with van der Waals surface area (Å²) in [5.74, 6) is 0.290. The minimum atomic E-state index is -5.81. The van der Waals surface area contributed by atoms with Crippen molar-refractivity contribution in [2.45, 2.75) is 64.6 Å². The molecule has 11 heteroatoms. The normalized spacial score (nSPS) is 13.2. The smallest absolute Gasteiger partial charge is 0.430 e. The molecule has 0 spiro atoms. The molecular weight excluding hydrogens is 468 g/mol. The average Bonchev–Trinajstić information content (AvgIpc) is 2.75. The van der Waals surface area contributed by atoms with Crippen molar-refractivity contribution < 1.29 is 45.7 Å². The van der Waals surface area contributed by atoms with Gasteiger partial charge in [0.2, 0.25) is 0 Å². The Balaban J connectivity index is 0.00000281. The molecular formula is C23H29F6NO4. The number of nitrogens with zero attached hydrogens (tertiary/aromatic N) is 1. The van der Waals surface area contributed by atoms with E-state index in [-0.39, 0.29) is 29.2 Å². The maximum Gasteiger partial charge on any atom is 0.430 e. The van der Waals surface area contributed by atoms with E-state index in [0.717, 1.165) is 19.2 Å². The first-order valence-corrected chi connectivity index (χ1v) is 10.6. The van der Waals surface area contributed by atoms with Gasteiger partial charge in [0.15, 0.2) is 0 Å². The monoisotopic (exact) mass is 497 g/mol. The molecule has 1 atom stereocenters. The molecule has 1 unspecified atom stereocenters. The molecule has 34 heavy (non-hydrogen) atoms. The molecule has 0 aliphatic carbocycles. The van der Waals surface area contributed by atoms with Crippen LogP contribution in [0.2, 0.25) is 0 Å². The van der Waals surface area contributed by atoms with Crippen LogP contribution in [0.3, 0.4) is 0 Å². The maximum absolute atomic E-state index is 13.8. The van der Waals surface area contributed by atoms with E-state index in [1.54, 1.807) is 6.92 Å². The van der Waals surface area contributed by atoms with E-state index < -0.39 is 36.4 Å². The van der Waals surface area contributed by atoms with Gasteiger partial charge in [-0.1, -0.05) is 33.3 Å². The highest BCUT2D eigenvalue weighted by molar-refractivity contribution is 5.43. The quantitative estimate of drug-likeness (QED) is 0.303. The van der Waals surface area contributed by atoms with Crippen LogP contribution in [0.1, 0.15) is 57.0 Å². The summed E-state index contributed by atoms with van der Waals surface area (Å²) in [6, 6.07) is 5.36. The molecule has 2 rings (SSSR count). The Morgan fingerprint density at radius 1 is 1.00 bits per heavy atom. The first-order valence-electron chi connectivity index (χ1n) is 10.6. The van der Waals surface area contributed by atoms with Crippen LogP contribution in [0.5, 0.6) is 11.5 Å². The molecule has 0 saturated heterocycles. The van der Waals surface area contributed by atoms with Crippen LogP contribution in [0.15, 0.2) is 36.5 Å². The highest BCUT2D eigenvalue weighted by Crippen LogP contribution is 2.53. The van der Waals surface area contributed by atoms with Crippen LogP contribution in [0, 0.1) is 0 Å². The molecule has 0 fully saturated rings. The largest absolute Gasteiger partial charge is 0.457 e. The van der Waals surface area contributed by atoms with Gasteiger partial charge in [0, 0.05) is 24.9 Å². The summed E-state index contributed by atoms with van der Waals surface area (Å²) in [7, 11) is 0.924. The molecule has 1 aromatic heterocycles. The molecule has 0 radical (unpaired) electrons. The van der Waals surface area contributed by atoms with Crippen LogP contribution >= 0.6 is 0 Å². The van der Waals surface area contributed by atoms with Gasteiger partial charge in [0.1, 0.15) is 18.3 Å². The van der Waals surface area contributed by atoms with Crippen molar-refractivity contribution in [3.05, 3.63) is 53.3 Å². The molecule has 0 aliphatic heterocycles. The number of benzene rings is 1. The van der Waals surface area contributed by atoms with Crippen LogP contribution in [0.25, 0.3) is 0 Å².